The van der Waals surface area contributed by atoms with Crippen LogP contribution in [-0.2, 0) is 9.53 Å². The highest BCUT2D eigenvalue weighted by molar-refractivity contribution is 5.89. The van der Waals surface area contributed by atoms with Crippen LogP contribution in [0, 0.1) is 0 Å². The Morgan fingerprint density at radius 3 is 3.17 bits per heavy atom. The number of ether oxygens (including phenoxy) is 1. The molecule has 0 spiro atoms. The second-order valence-electron chi connectivity index (χ2n) is 2.59. The molecule has 1 fully saturated rings. The van der Waals surface area contributed by atoms with E-state index in [0.717, 1.165) is 12.1 Å². The minimum atomic E-state index is -0.911. The van der Waals surface area contributed by atoms with Crippen LogP contribution in [0.3, 0.4) is 0 Å². The lowest BCUT2D eigenvalue weighted by Gasteiger charge is -2.02. The minimum absolute atomic E-state index is 0.0197. The summed E-state index contributed by atoms with van der Waals surface area (Å²) in [6.07, 6.45) is 0.805. The number of nitrogens with one attached hydrogen (secondary N) is 1. The van der Waals surface area contributed by atoms with Crippen molar-refractivity contribution in [2.24, 2.45) is 5.10 Å². The van der Waals surface area contributed by atoms with Gasteiger partial charge >= 0.3 is 5.97 Å². The van der Waals surface area contributed by atoms with Crippen LogP contribution in [0.25, 0.3) is 0 Å². The van der Waals surface area contributed by atoms with E-state index < -0.39 is 5.97 Å². The van der Waals surface area contributed by atoms with Crippen LogP contribution in [0.15, 0.2) is 5.10 Å². The van der Waals surface area contributed by atoms with Gasteiger partial charge in [-0.3, -0.25) is 10.2 Å². The summed E-state index contributed by atoms with van der Waals surface area (Å²) < 4.78 is 5.20. The molecule has 1 saturated heterocycles. The van der Waals surface area contributed by atoms with Gasteiger partial charge in [-0.05, 0) is 6.92 Å². The highest BCUT2D eigenvalue weighted by Gasteiger charge is 2.18. The van der Waals surface area contributed by atoms with Crippen molar-refractivity contribution in [1.29, 1.82) is 0 Å². The van der Waals surface area contributed by atoms with E-state index in [1.165, 1.54) is 0 Å². The van der Waals surface area contributed by atoms with Crippen molar-refractivity contribution in [3.63, 3.8) is 0 Å². The average Bonchev–Trinajstić information content (AvgIpc) is 2.36. The zero-order valence-electron chi connectivity index (χ0n) is 6.91. The van der Waals surface area contributed by atoms with Crippen LogP contribution in [0.1, 0.15) is 13.3 Å². The predicted molar refractivity (Wildman–Crippen MR) is 43.1 cm³/mol. The van der Waals surface area contributed by atoms with Crippen LogP contribution in [0.4, 0.5) is 0 Å². The zero-order chi connectivity index (χ0) is 8.97. The summed E-state index contributed by atoms with van der Waals surface area (Å²) in [5, 5.41) is 12.2. The molecule has 12 heavy (non-hydrogen) atoms. The first-order chi connectivity index (χ1) is 5.70. The maximum atomic E-state index is 10.1. The number of nitrogens with zero attached hydrogens (tertiary/aromatic N) is 1. The first kappa shape index (κ1) is 8.99. The molecule has 0 aliphatic carbocycles. The lowest BCUT2D eigenvalue weighted by Crippen LogP contribution is -2.21. The van der Waals surface area contributed by atoms with Crippen LogP contribution in [0.2, 0.25) is 0 Å². The van der Waals surface area contributed by atoms with Crippen molar-refractivity contribution in [3.8, 4) is 0 Å². The normalized spacial score (nSPS) is 26.1. The van der Waals surface area contributed by atoms with Crippen molar-refractivity contribution in [2.45, 2.75) is 19.4 Å². The maximum Gasteiger partial charge on any atom is 0.324 e. The highest BCUT2D eigenvalue weighted by atomic mass is 16.5. The Kier molecular flexibility index (Phi) is 3.04. The third-order valence-corrected chi connectivity index (χ3v) is 1.65. The molecular weight excluding hydrogens is 160 g/mol. The molecule has 0 amide bonds. The van der Waals surface area contributed by atoms with E-state index in [0.29, 0.717) is 6.61 Å². The standard InChI is InChI=1S/C7H12N2O3/c1-5-6(2-3-12-5)9-8-4-7(10)11/h5,8H,2-4H2,1H3,(H,10,11)/b9-6+. The van der Waals surface area contributed by atoms with E-state index in [1.807, 2.05) is 6.92 Å². The molecule has 2 N–H and O–H groups in total. The molecule has 1 heterocycles. The third kappa shape index (κ3) is 2.50. The number of rotatable bonds is 3. The Morgan fingerprint density at radius 2 is 2.67 bits per heavy atom. The summed E-state index contributed by atoms with van der Waals surface area (Å²) >= 11 is 0. The van der Waals surface area contributed by atoms with E-state index >= 15 is 0 Å². The van der Waals surface area contributed by atoms with Crippen molar-refractivity contribution >= 4 is 11.7 Å². The molecule has 1 aliphatic heterocycles. The number of carboxylic acid groups (broad SMARTS) is 1. The molecule has 1 aliphatic rings. The second kappa shape index (κ2) is 4.06. The number of carbonyl (C=O) groups is 1. The molecule has 0 saturated carbocycles. The Balaban J connectivity index is 2.31. The van der Waals surface area contributed by atoms with Crippen molar-refractivity contribution in [2.75, 3.05) is 13.2 Å². The van der Waals surface area contributed by atoms with Crippen LogP contribution >= 0.6 is 0 Å². The first-order valence-corrected chi connectivity index (χ1v) is 3.83. The summed E-state index contributed by atoms with van der Waals surface area (Å²) in [7, 11) is 0. The smallest absolute Gasteiger partial charge is 0.324 e. The topological polar surface area (TPSA) is 70.9 Å². The molecular formula is C7H12N2O3. The van der Waals surface area contributed by atoms with E-state index in [4.69, 9.17) is 9.84 Å². The lowest BCUT2D eigenvalue weighted by atomic mass is 10.2. The van der Waals surface area contributed by atoms with Gasteiger partial charge < -0.3 is 9.84 Å². The van der Waals surface area contributed by atoms with Crippen molar-refractivity contribution in [3.05, 3.63) is 0 Å². The Bertz CT molecular complexity index is 203. The molecule has 0 bridgehead atoms. The van der Waals surface area contributed by atoms with Crippen molar-refractivity contribution < 1.29 is 14.6 Å². The van der Waals surface area contributed by atoms with Gasteiger partial charge in [-0.1, -0.05) is 0 Å². The van der Waals surface area contributed by atoms with Gasteiger partial charge in [0.15, 0.2) is 0 Å². The monoisotopic (exact) mass is 172 g/mol. The summed E-state index contributed by atoms with van der Waals surface area (Å²) in [5.74, 6) is -0.911. The van der Waals surface area contributed by atoms with Gasteiger partial charge in [0, 0.05) is 6.42 Å². The summed E-state index contributed by atoms with van der Waals surface area (Å²) in [4.78, 5) is 10.1. The molecule has 5 heteroatoms. The van der Waals surface area contributed by atoms with Gasteiger partial charge in [0.1, 0.15) is 6.54 Å². The van der Waals surface area contributed by atoms with Crippen LogP contribution in [0.5, 0.6) is 0 Å². The van der Waals surface area contributed by atoms with Gasteiger partial charge in [0.25, 0.3) is 0 Å². The summed E-state index contributed by atoms with van der Waals surface area (Å²) in [5.41, 5.74) is 3.35. The van der Waals surface area contributed by atoms with Gasteiger partial charge in [-0.2, -0.15) is 5.10 Å². The maximum absolute atomic E-state index is 10.1. The van der Waals surface area contributed by atoms with Crippen molar-refractivity contribution in [1.82, 2.24) is 5.43 Å². The fraction of sp³-hybridized carbons (Fsp3) is 0.714. The number of hydrogen-bond acceptors (Lipinski definition) is 4. The van der Waals surface area contributed by atoms with Gasteiger partial charge in [0.2, 0.25) is 0 Å². The molecule has 68 valence electrons. The second-order valence-corrected chi connectivity index (χ2v) is 2.59. The number of carboxylic acids is 1. The molecule has 1 rings (SSSR count). The van der Waals surface area contributed by atoms with E-state index in [-0.39, 0.29) is 12.6 Å². The molecule has 0 aromatic heterocycles. The predicted octanol–water partition coefficient (Wildman–Crippen LogP) is -0.175. The molecule has 0 radical (unpaired) electrons. The third-order valence-electron chi connectivity index (χ3n) is 1.65. The molecule has 0 aromatic carbocycles. The van der Waals surface area contributed by atoms with Crippen LogP contribution in [-0.4, -0.2) is 36.0 Å². The largest absolute Gasteiger partial charge is 0.480 e. The van der Waals surface area contributed by atoms with Crippen LogP contribution < -0.4 is 5.43 Å². The lowest BCUT2D eigenvalue weighted by molar-refractivity contribution is -0.135. The number of hydrazone groups is 1. The van der Waals surface area contributed by atoms with E-state index in [9.17, 15) is 4.79 Å². The van der Waals surface area contributed by atoms with Gasteiger partial charge in [0.05, 0.1) is 18.4 Å². The Hall–Kier alpha value is -1.10. The van der Waals surface area contributed by atoms with E-state index in [2.05, 4.69) is 10.5 Å². The zero-order valence-corrected chi connectivity index (χ0v) is 6.91. The molecule has 1 unspecified atom stereocenters. The number of aliphatic carboxylic acids is 1. The van der Waals surface area contributed by atoms with Gasteiger partial charge in [-0.15, -0.1) is 0 Å². The van der Waals surface area contributed by atoms with Gasteiger partial charge in [-0.25, -0.2) is 0 Å². The fourth-order valence-corrected chi connectivity index (χ4v) is 0.995. The average molecular weight is 172 g/mol. The Morgan fingerprint density at radius 1 is 1.92 bits per heavy atom. The highest BCUT2D eigenvalue weighted by Crippen LogP contribution is 2.07. The molecule has 1 atom stereocenters. The summed E-state index contributed by atoms with van der Waals surface area (Å²) in [6, 6.07) is 0. The SMILES string of the molecule is CC1OCC/C1=N\NCC(=O)O. The number of hydrogen-bond donors (Lipinski definition) is 2. The molecule has 0 aromatic rings. The Labute approximate surface area is 70.4 Å². The molecule has 5 nitrogen and oxygen atoms in total. The summed E-state index contributed by atoms with van der Waals surface area (Å²) in [6.45, 7) is 2.43. The quantitative estimate of drug-likeness (QED) is 0.579. The minimum Gasteiger partial charge on any atom is -0.480 e. The first-order valence-electron chi connectivity index (χ1n) is 3.83. The van der Waals surface area contributed by atoms with E-state index in [1.54, 1.807) is 0 Å². The fourth-order valence-electron chi connectivity index (χ4n) is 0.995.